The number of hydrogen-bond donors (Lipinski definition) is 2. The van der Waals surface area contributed by atoms with Gasteiger partial charge in [0.2, 0.25) is 0 Å². The Balaban J connectivity index is 1.52. The average molecular weight is 356 g/mol. The molecule has 27 heavy (non-hydrogen) atoms. The van der Waals surface area contributed by atoms with Gasteiger partial charge in [0.25, 0.3) is 11.5 Å². The number of carbonyl (C=O) groups excluding carboxylic acids is 1. The maximum Gasteiger partial charge on any atom is 0.261 e. The van der Waals surface area contributed by atoms with Gasteiger partial charge >= 0.3 is 0 Å². The zero-order valence-corrected chi connectivity index (χ0v) is 14.3. The van der Waals surface area contributed by atoms with Crippen molar-refractivity contribution in [3.8, 4) is 16.9 Å². The Labute approximate surface area is 155 Å². The van der Waals surface area contributed by atoms with E-state index in [9.17, 15) is 9.59 Å². The minimum absolute atomic E-state index is 0.0610. The molecule has 0 atom stereocenters. The van der Waals surface area contributed by atoms with Crippen molar-refractivity contribution in [3.05, 3.63) is 101 Å². The van der Waals surface area contributed by atoms with Crippen molar-refractivity contribution in [1.82, 2.24) is 14.8 Å². The van der Waals surface area contributed by atoms with Crippen LogP contribution in [-0.2, 0) is 0 Å². The molecule has 6 heteroatoms. The lowest BCUT2D eigenvalue weighted by Crippen LogP contribution is -2.23. The average Bonchev–Trinajstić information content (AvgIpc) is 3.24. The van der Waals surface area contributed by atoms with Crippen molar-refractivity contribution in [2.75, 3.05) is 5.32 Å². The van der Waals surface area contributed by atoms with Crippen molar-refractivity contribution in [3.63, 3.8) is 0 Å². The fraction of sp³-hybridized carbons (Fsp3) is 0. The number of H-pyrrole nitrogens is 1. The van der Waals surface area contributed by atoms with Crippen LogP contribution in [0.25, 0.3) is 16.9 Å². The summed E-state index contributed by atoms with van der Waals surface area (Å²) in [5.41, 5.74) is 2.66. The molecule has 0 saturated carbocycles. The summed E-state index contributed by atoms with van der Waals surface area (Å²) in [5, 5.41) is 6.90. The first-order valence-corrected chi connectivity index (χ1v) is 8.41. The molecule has 6 nitrogen and oxygen atoms in total. The second-order valence-corrected chi connectivity index (χ2v) is 5.93. The van der Waals surface area contributed by atoms with Crippen LogP contribution in [-0.4, -0.2) is 20.7 Å². The quantitative estimate of drug-likeness (QED) is 0.587. The van der Waals surface area contributed by atoms with Crippen molar-refractivity contribution < 1.29 is 4.79 Å². The van der Waals surface area contributed by atoms with E-state index in [0.717, 1.165) is 11.3 Å². The molecule has 0 bridgehead atoms. The third kappa shape index (κ3) is 3.55. The van der Waals surface area contributed by atoms with Gasteiger partial charge in [0.1, 0.15) is 5.56 Å². The van der Waals surface area contributed by atoms with Crippen LogP contribution in [0.4, 0.5) is 5.69 Å². The highest BCUT2D eigenvalue weighted by Crippen LogP contribution is 2.16. The highest BCUT2D eigenvalue weighted by atomic mass is 16.2. The van der Waals surface area contributed by atoms with E-state index < -0.39 is 11.5 Å². The summed E-state index contributed by atoms with van der Waals surface area (Å²) < 4.78 is 1.72. The van der Waals surface area contributed by atoms with Crippen LogP contribution in [0.5, 0.6) is 0 Å². The summed E-state index contributed by atoms with van der Waals surface area (Å²) in [7, 11) is 0. The summed E-state index contributed by atoms with van der Waals surface area (Å²) >= 11 is 0. The van der Waals surface area contributed by atoms with Gasteiger partial charge in [-0.15, -0.1) is 0 Å². The topological polar surface area (TPSA) is 79.8 Å². The van der Waals surface area contributed by atoms with E-state index in [2.05, 4.69) is 15.4 Å². The van der Waals surface area contributed by atoms with E-state index in [4.69, 9.17) is 0 Å². The molecule has 0 fully saturated rings. The molecule has 0 aliphatic heterocycles. The summed E-state index contributed by atoms with van der Waals surface area (Å²) in [6, 6.07) is 21.8. The first-order chi connectivity index (χ1) is 13.2. The number of nitrogens with zero attached hydrogens (tertiary/aromatic N) is 2. The Morgan fingerprint density at radius 3 is 2.37 bits per heavy atom. The number of carbonyl (C=O) groups is 1. The number of benzene rings is 2. The molecule has 0 saturated heterocycles. The van der Waals surface area contributed by atoms with Crippen molar-refractivity contribution in [2.45, 2.75) is 0 Å². The van der Waals surface area contributed by atoms with Gasteiger partial charge in [-0.3, -0.25) is 9.59 Å². The predicted octanol–water partition coefficient (Wildman–Crippen LogP) is 3.48. The molecule has 0 aliphatic carbocycles. The maximum atomic E-state index is 12.4. The zero-order valence-electron chi connectivity index (χ0n) is 14.3. The molecule has 4 rings (SSSR count). The smallest absolute Gasteiger partial charge is 0.261 e. The molecule has 2 heterocycles. The van der Waals surface area contributed by atoms with E-state index in [0.29, 0.717) is 11.4 Å². The van der Waals surface area contributed by atoms with E-state index in [1.165, 1.54) is 6.07 Å². The Hall–Kier alpha value is -3.93. The van der Waals surface area contributed by atoms with Crippen molar-refractivity contribution in [2.24, 2.45) is 0 Å². The van der Waals surface area contributed by atoms with Crippen LogP contribution < -0.4 is 10.9 Å². The highest BCUT2D eigenvalue weighted by Gasteiger charge is 2.12. The number of amides is 1. The normalized spacial score (nSPS) is 10.5. The fourth-order valence-electron chi connectivity index (χ4n) is 2.76. The first-order valence-electron chi connectivity index (χ1n) is 8.41. The molecule has 0 spiro atoms. The molecule has 2 aromatic carbocycles. The van der Waals surface area contributed by atoms with Crippen LogP contribution in [0.3, 0.4) is 0 Å². The molecule has 132 valence electrons. The van der Waals surface area contributed by atoms with Crippen molar-refractivity contribution >= 4 is 11.6 Å². The van der Waals surface area contributed by atoms with E-state index in [1.807, 2.05) is 54.7 Å². The van der Waals surface area contributed by atoms with E-state index >= 15 is 0 Å². The van der Waals surface area contributed by atoms with Crippen molar-refractivity contribution in [1.29, 1.82) is 0 Å². The fourth-order valence-corrected chi connectivity index (χ4v) is 2.76. The molecular formula is C21H16N4O2. The minimum Gasteiger partial charge on any atom is -0.322 e. The Morgan fingerprint density at radius 2 is 1.70 bits per heavy atom. The third-order valence-corrected chi connectivity index (χ3v) is 4.13. The Morgan fingerprint density at radius 1 is 0.926 bits per heavy atom. The number of rotatable bonds is 4. The molecular weight excluding hydrogens is 340 g/mol. The van der Waals surface area contributed by atoms with Gasteiger partial charge in [0, 0.05) is 23.8 Å². The van der Waals surface area contributed by atoms with Gasteiger partial charge < -0.3 is 10.3 Å². The van der Waals surface area contributed by atoms with Gasteiger partial charge in [-0.05, 0) is 48.0 Å². The number of hydrogen-bond acceptors (Lipinski definition) is 3. The van der Waals surface area contributed by atoms with Crippen LogP contribution in [0.1, 0.15) is 10.4 Å². The van der Waals surface area contributed by atoms with Crippen LogP contribution >= 0.6 is 0 Å². The lowest BCUT2D eigenvalue weighted by molar-refractivity contribution is 0.102. The monoisotopic (exact) mass is 356 g/mol. The SMILES string of the molecule is O=C(Nc1ccc(-n2cccn2)cc1)c1ccc(-c2ccccc2)[nH]c1=O. The Bertz CT molecular complexity index is 1120. The zero-order chi connectivity index (χ0) is 18.6. The summed E-state index contributed by atoms with van der Waals surface area (Å²) in [6.45, 7) is 0. The molecule has 1 amide bonds. The van der Waals surface area contributed by atoms with Gasteiger partial charge in [-0.25, -0.2) is 4.68 Å². The highest BCUT2D eigenvalue weighted by molar-refractivity contribution is 6.04. The van der Waals surface area contributed by atoms with E-state index in [1.54, 1.807) is 29.1 Å². The molecule has 4 aromatic rings. The maximum absolute atomic E-state index is 12.4. The van der Waals surface area contributed by atoms with Crippen LogP contribution in [0, 0.1) is 0 Å². The third-order valence-electron chi connectivity index (χ3n) is 4.13. The standard InChI is InChI=1S/C21H16N4O2/c26-20(23-16-7-9-17(10-8-16)25-14-4-13-22-25)18-11-12-19(24-21(18)27)15-5-2-1-3-6-15/h1-14H,(H,23,26)(H,24,27). The number of pyridine rings is 1. The molecule has 0 aliphatic rings. The Kier molecular flexibility index (Phi) is 4.37. The van der Waals surface area contributed by atoms with Gasteiger partial charge in [0.05, 0.1) is 5.69 Å². The lowest BCUT2D eigenvalue weighted by Gasteiger charge is -2.07. The van der Waals surface area contributed by atoms with E-state index in [-0.39, 0.29) is 5.56 Å². The molecule has 0 radical (unpaired) electrons. The second-order valence-electron chi connectivity index (χ2n) is 5.93. The molecule has 0 unspecified atom stereocenters. The summed E-state index contributed by atoms with van der Waals surface area (Å²) in [6.07, 6.45) is 3.53. The van der Waals surface area contributed by atoms with Crippen LogP contribution in [0.15, 0.2) is 90.0 Å². The van der Waals surface area contributed by atoms with Crippen LogP contribution in [0.2, 0.25) is 0 Å². The summed E-state index contributed by atoms with van der Waals surface area (Å²) in [5.74, 6) is -0.456. The number of aromatic amines is 1. The predicted molar refractivity (Wildman–Crippen MR) is 104 cm³/mol. The van der Waals surface area contributed by atoms with Gasteiger partial charge in [-0.2, -0.15) is 5.10 Å². The molecule has 2 aromatic heterocycles. The minimum atomic E-state index is -0.456. The number of anilines is 1. The van der Waals surface area contributed by atoms with Gasteiger partial charge in [0.15, 0.2) is 0 Å². The molecule has 2 N–H and O–H groups in total. The lowest BCUT2D eigenvalue weighted by atomic mass is 10.1. The summed E-state index contributed by atoms with van der Waals surface area (Å²) in [4.78, 5) is 27.5. The first kappa shape index (κ1) is 16.5. The number of nitrogens with one attached hydrogen (secondary N) is 2. The van der Waals surface area contributed by atoms with Gasteiger partial charge in [-0.1, -0.05) is 30.3 Å². The number of aromatic nitrogens is 3. The largest absolute Gasteiger partial charge is 0.322 e. The second kappa shape index (κ2) is 7.13.